The van der Waals surface area contributed by atoms with E-state index >= 15 is 0 Å². The number of fused-ring (bicyclic) bond motifs is 1. The van der Waals surface area contributed by atoms with Crippen molar-refractivity contribution in [3.05, 3.63) is 65.2 Å². The van der Waals surface area contributed by atoms with Gasteiger partial charge in [0.15, 0.2) is 0 Å². The summed E-state index contributed by atoms with van der Waals surface area (Å²) in [5, 5.41) is 17.9. The minimum absolute atomic E-state index is 0.0465. The molecule has 1 unspecified atom stereocenters. The predicted molar refractivity (Wildman–Crippen MR) is 138 cm³/mol. The molecule has 5 rings (SSSR count). The van der Waals surface area contributed by atoms with Crippen LogP contribution in [-0.4, -0.2) is 42.3 Å². The summed E-state index contributed by atoms with van der Waals surface area (Å²) in [4.78, 5) is 26.3. The van der Waals surface area contributed by atoms with Crippen LogP contribution in [0.15, 0.2) is 41.2 Å². The molecule has 4 heterocycles. The van der Waals surface area contributed by atoms with Gasteiger partial charge in [0, 0.05) is 30.8 Å². The molecule has 0 aliphatic carbocycles. The number of aromatic nitrogens is 6. The summed E-state index contributed by atoms with van der Waals surface area (Å²) >= 11 is 0. The highest BCUT2D eigenvalue weighted by atomic mass is 16.5. The van der Waals surface area contributed by atoms with Gasteiger partial charge in [-0.3, -0.25) is 9.48 Å². The number of nitrogens with one attached hydrogen (secondary N) is 3. The third-order valence-electron chi connectivity index (χ3n) is 6.45. The van der Waals surface area contributed by atoms with Crippen molar-refractivity contribution in [2.75, 3.05) is 11.9 Å². The molecule has 192 valence electrons. The zero-order valence-electron chi connectivity index (χ0n) is 21.7. The molecule has 1 aliphatic heterocycles. The average molecular weight is 502 g/mol. The molecule has 3 N–H and O–H groups in total. The van der Waals surface area contributed by atoms with Gasteiger partial charge in [-0.1, -0.05) is 38.1 Å². The Balaban J connectivity index is 1.37. The molecule has 4 aromatic rings. The molecule has 3 aromatic heterocycles. The molecule has 0 spiro atoms. The third-order valence-corrected chi connectivity index (χ3v) is 6.45. The Bertz CT molecular complexity index is 1430. The van der Waals surface area contributed by atoms with Crippen LogP contribution in [0.2, 0.25) is 0 Å². The first-order valence-corrected chi connectivity index (χ1v) is 12.3. The van der Waals surface area contributed by atoms with Gasteiger partial charge in [0.05, 0.1) is 29.3 Å². The fourth-order valence-corrected chi connectivity index (χ4v) is 4.20. The molecule has 37 heavy (non-hydrogen) atoms. The lowest BCUT2D eigenvalue weighted by atomic mass is 9.96. The average Bonchev–Trinajstić information content (AvgIpc) is 3.44. The fourth-order valence-electron chi connectivity index (χ4n) is 4.20. The van der Waals surface area contributed by atoms with Gasteiger partial charge in [0.2, 0.25) is 11.8 Å². The molecule has 1 aromatic carbocycles. The standard InChI is InChI=1S/C26H31N9O2/c1-15-21(14-29-35(15)5)32-25-28-11-9-19(31-25)16-6-7-18-17(12-16)13-27-10-8-20(18)30-23(36)22-33-24(37-34-22)26(2,3)4/h6-7,9,11-12,14,20,27H,8,10,13H2,1-5H3,(H,30,36)(H,28,31,32). The number of anilines is 2. The number of benzene rings is 1. The maximum absolute atomic E-state index is 12.9. The summed E-state index contributed by atoms with van der Waals surface area (Å²) in [7, 11) is 1.89. The Morgan fingerprint density at radius 1 is 1.22 bits per heavy atom. The van der Waals surface area contributed by atoms with Crippen LogP contribution < -0.4 is 16.0 Å². The third kappa shape index (κ3) is 5.21. The van der Waals surface area contributed by atoms with Crippen molar-refractivity contribution in [3.63, 3.8) is 0 Å². The van der Waals surface area contributed by atoms with E-state index in [1.165, 1.54) is 0 Å². The van der Waals surface area contributed by atoms with Crippen molar-refractivity contribution in [2.24, 2.45) is 7.05 Å². The number of nitrogens with zero attached hydrogens (tertiary/aromatic N) is 6. The molecule has 1 atom stereocenters. The number of carbonyl (C=O) groups excluding carboxylic acids is 1. The van der Waals surface area contributed by atoms with Crippen LogP contribution in [-0.2, 0) is 19.0 Å². The maximum atomic E-state index is 12.9. The molecular weight excluding hydrogens is 470 g/mol. The van der Waals surface area contributed by atoms with Crippen LogP contribution in [0.4, 0.5) is 11.6 Å². The molecule has 1 aliphatic rings. The first-order valence-electron chi connectivity index (χ1n) is 12.3. The zero-order chi connectivity index (χ0) is 26.2. The molecule has 0 saturated heterocycles. The van der Waals surface area contributed by atoms with Gasteiger partial charge in [0.25, 0.3) is 11.7 Å². The number of amides is 1. The van der Waals surface area contributed by atoms with Crippen LogP contribution in [0.3, 0.4) is 0 Å². The van der Waals surface area contributed by atoms with E-state index in [2.05, 4.69) is 48.3 Å². The van der Waals surface area contributed by atoms with E-state index in [0.29, 0.717) is 18.4 Å². The Kier molecular flexibility index (Phi) is 6.46. The highest BCUT2D eigenvalue weighted by Crippen LogP contribution is 2.29. The van der Waals surface area contributed by atoms with Crippen LogP contribution in [0, 0.1) is 6.92 Å². The van der Waals surface area contributed by atoms with Crippen molar-refractivity contribution in [3.8, 4) is 11.3 Å². The van der Waals surface area contributed by atoms with Gasteiger partial charge in [0.1, 0.15) is 0 Å². The van der Waals surface area contributed by atoms with Crippen molar-refractivity contribution in [1.82, 2.24) is 40.5 Å². The van der Waals surface area contributed by atoms with Crippen molar-refractivity contribution >= 4 is 17.5 Å². The first kappa shape index (κ1) is 24.6. The minimum Gasteiger partial charge on any atom is -0.342 e. The zero-order valence-corrected chi connectivity index (χ0v) is 21.7. The Hall–Kier alpha value is -4.12. The maximum Gasteiger partial charge on any atom is 0.293 e. The van der Waals surface area contributed by atoms with E-state index < -0.39 is 0 Å². The van der Waals surface area contributed by atoms with Crippen LogP contribution >= 0.6 is 0 Å². The van der Waals surface area contributed by atoms with Crippen LogP contribution in [0.1, 0.15) is 66.6 Å². The highest BCUT2D eigenvalue weighted by Gasteiger charge is 2.27. The van der Waals surface area contributed by atoms with Gasteiger partial charge in [-0.2, -0.15) is 10.1 Å². The van der Waals surface area contributed by atoms with Crippen LogP contribution in [0.25, 0.3) is 11.3 Å². The number of aryl methyl sites for hydroxylation is 1. The summed E-state index contributed by atoms with van der Waals surface area (Å²) in [6.45, 7) is 9.32. The van der Waals surface area contributed by atoms with Gasteiger partial charge >= 0.3 is 0 Å². The van der Waals surface area contributed by atoms with Crippen molar-refractivity contribution in [2.45, 2.75) is 52.1 Å². The quantitative estimate of drug-likeness (QED) is 0.375. The van der Waals surface area contributed by atoms with Crippen LogP contribution in [0.5, 0.6) is 0 Å². The first-order chi connectivity index (χ1) is 17.7. The molecule has 11 heteroatoms. The fraction of sp³-hybridized carbons (Fsp3) is 0.385. The molecule has 0 fully saturated rings. The lowest BCUT2D eigenvalue weighted by Gasteiger charge is -2.19. The summed E-state index contributed by atoms with van der Waals surface area (Å²) in [5.41, 5.74) is 5.45. The number of carbonyl (C=O) groups is 1. The number of hydrogen-bond donors (Lipinski definition) is 3. The number of rotatable bonds is 5. The summed E-state index contributed by atoms with van der Waals surface area (Å²) in [5.74, 6) is 0.632. The van der Waals surface area contributed by atoms with Gasteiger partial charge in [-0.25, -0.2) is 9.97 Å². The predicted octanol–water partition coefficient (Wildman–Crippen LogP) is 3.57. The Labute approximate surface area is 215 Å². The van der Waals surface area contributed by atoms with Gasteiger partial charge in [-0.15, -0.1) is 0 Å². The molecule has 1 amide bonds. The smallest absolute Gasteiger partial charge is 0.293 e. The molecule has 0 radical (unpaired) electrons. The molecule has 0 bridgehead atoms. The second kappa shape index (κ2) is 9.74. The largest absolute Gasteiger partial charge is 0.342 e. The summed E-state index contributed by atoms with van der Waals surface area (Å²) < 4.78 is 7.09. The topological polar surface area (TPSA) is 136 Å². The number of hydrogen-bond acceptors (Lipinski definition) is 9. The lowest BCUT2D eigenvalue weighted by Crippen LogP contribution is -2.30. The SMILES string of the molecule is Cc1c(Nc2nccc(-c3ccc4c(c3)CNCCC4NC(=O)c3noc(C(C)(C)C)n3)n2)cnn1C. The van der Waals surface area contributed by atoms with Crippen molar-refractivity contribution in [1.29, 1.82) is 0 Å². The molecule has 0 saturated carbocycles. The molecular formula is C26H31N9O2. The van der Waals surface area contributed by atoms with Gasteiger partial charge < -0.3 is 20.5 Å². The second-order valence-corrected chi connectivity index (χ2v) is 10.2. The Morgan fingerprint density at radius 3 is 2.78 bits per heavy atom. The van der Waals surface area contributed by atoms with Gasteiger partial charge in [-0.05, 0) is 43.1 Å². The van der Waals surface area contributed by atoms with E-state index in [4.69, 9.17) is 9.51 Å². The highest BCUT2D eigenvalue weighted by molar-refractivity contribution is 5.90. The minimum atomic E-state index is -0.349. The summed E-state index contributed by atoms with van der Waals surface area (Å²) in [6, 6.07) is 7.89. The van der Waals surface area contributed by atoms with E-state index in [1.807, 2.05) is 46.9 Å². The van der Waals surface area contributed by atoms with E-state index in [-0.39, 0.29) is 23.2 Å². The second-order valence-electron chi connectivity index (χ2n) is 10.2. The van der Waals surface area contributed by atoms with Crippen molar-refractivity contribution < 1.29 is 9.32 Å². The lowest BCUT2D eigenvalue weighted by molar-refractivity contribution is 0.0921. The monoisotopic (exact) mass is 501 g/mol. The normalized spacial score (nSPS) is 15.6. The van der Waals surface area contributed by atoms with E-state index in [9.17, 15) is 4.79 Å². The summed E-state index contributed by atoms with van der Waals surface area (Å²) in [6.07, 6.45) is 4.24. The molecule has 11 nitrogen and oxygen atoms in total. The Morgan fingerprint density at radius 2 is 2.05 bits per heavy atom. The van der Waals surface area contributed by atoms with E-state index in [1.54, 1.807) is 17.1 Å². The van der Waals surface area contributed by atoms with E-state index in [0.717, 1.165) is 46.7 Å².